The lowest BCUT2D eigenvalue weighted by Crippen LogP contribution is -2.34. The van der Waals surface area contributed by atoms with Crippen LogP contribution in [0.5, 0.6) is 0 Å². The molecule has 0 heteroatoms. The summed E-state index contributed by atoms with van der Waals surface area (Å²) in [6.07, 6.45) is 0. The Hall–Kier alpha value is 0. The second-order valence-corrected chi connectivity index (χ2v) is 9.36. The van der Waals surface area contributed by atoms with Crippen LogP contribution in [0.3, 0.4) is 0 Å². The van der Waals surface area contributed by atoms with Crippen molar-refractivity contribution in [2.24, 2.45) is 59.2 Å². The molecule has 0 aliphatic carbocycles. The molecule has 5 unspecified atom stereocenters. The van der Waals surface area contributed by atoms with Crippen molar-refractivity contribution in [2.45, 2.75) is 83.1 Å². The van der Waals surface area contributed by atoms with Gasteiger partial charge >= 0.3 is 0 Å². The van der Waals surface area contributed by atoms with E-state index in [0.29, 0.717) is 0 Å². The zero-order chi connectivity index (χ0) is 17.8. The van der Waals surface area contributed by atoms with Crippen molar-refractivity contribution < 1.29 is 0 Å². The minimum Gasteiger partial charge on any atom is -0.0625 e. The SMILES string of the molecule is CC(C(C)[C@H](C)C(C)C(C)[C@H](C)C(C)C)C(C)[C@@H](C)C(C)C. The van der Waals surface area contributed by atoms with Crippen LogP contribution in [0, 0.1) is 59.2 Å². The molecule has 0 fully saturated rings. The minimum absolute atomic E-state index is 0.789. The molecule has 0 amide bonds. The molecule has 0 rings (SSSR count). The van der Waals surface area contributed by atoms with E-state index in [1.807, 2.05) is 0 Å². The highest BCUT2D eigenvalue weighted by Crippen LogP contribution is 2.40. The van der Waals surface area contributed by atoms with Gasteiger partial charge in [-0.3, -0.25) is 0 Å². The average molecular weight is 311 g/mol. The summed E-state index contributed by atoms with van der Waals surface area (Å²) in [5.74, 6) is 8.02. The Morgan fingerprint density at radius 2 is 0.364 bits per heavy atom. The fraction of sp³-hybridized carbons (Fsp3) is 1.00. The van der Waals surface area contributed by atoms with E-state index in [1.54, 1.807) is 0 Å². The van der Waals surface area contributed by atoms with Gasteiger partial charge in [-0.1, -0.05) is 83.1 Å². The van der Waals surface area contributed by atoms with E-state index in [2.05, 4.69) is 83.1 Å². The molecule has 0 nitrogen and oxygen atoms in total. The van der Waals surface area contributed by atoms with Crippen LogP contribution in [0.25, 0.3) is 0 Å². The van der Waals surface area contributed by atoms with Gasteiger partial charge in [0.05, 0.1) is 0 Å². The number of rotatable bonds is 9. The van der Waals surface area contributed by atoms with E-state index in [-0.39, 0.29) is 0 Å². The van der Waals surface area contributed by atoms with Gasteiger partial charge in [-0.25, -0.2) is 0 Å². The van der Waals surface area contributed by atoms with Gasteiger partial charge in [-0.05, 0) is 59.2 Å². The summed E-state index contributed by atoms with van der Waals surface area (Å²) >= 11 is 0. The topological polar surface area (TPSA) is 0 Å². The van der Waals surface area contributed by atoms with Gasteiger partial charge < -0.3 is 0 Å². The van der Waals surface area contributed by atoms with Crippen molar-refractivity contribution in [1.29, 1.82) is 0 Å². The lowest BCUT2D eigenvalue weighted by Gasteiger charge is -2.40. The van der Waals surface area contributed by atoms with E-state index in [1.165, 1.54) is 0 Å². The average Bonchev–Trinajstić information content (AvgIpc) is 2.48. The molecule has 0 aromatic rings. The van der Waals surface area contributed by atoms with Crippen molar-refractivity contribution in [3.8, 4) is 0 Å². The maximum atomic E-state index is 2.50. The van der Waals surface area contributed by atoms with Crippen molar-refractivity contribution in [1.82, 2.24) is 0 Å². The van der Waals surface area contributed by atoms with Crippen molar-refractivity contribution in [3.63, 3.8) is 0 Å². The Bertz CT molecular complexity index is 260. The van der Waals surface area contributed by atoms with Gasteiger partial charge in [0.1, 0.15) is 0 Å². The Balaban J connectivity index is 4.86. The molecule has 0 heterocycles. The van der Waals surface area contributed by atoms with Crippen LogP contribution in [0.1, 0.15) is 83.1 Å². The van der Waals surface area contributed by atoms with Gasteiger partial charge in [0, 0.05) is 0 Å². The fourth-order valence-electron chi connectivity index (χ4n) is 4.09. The molecule has 0 bridgehead atoms. The summed E-state index contributed by atoms with van der Waals surface area (Å²) in [6.45, 7) is 29.3. The highest BCUT2D eigenvalue weighted by molar-refractivity contribution is 4.82. The Morgan fingerprint density at radius 3 is 0.500 bits per heavy atom. The third-order valence-corrected chi connectivity index (χ3v) is 7.91. The predicted octanol–water partition coefficient (Wildman–Crippen LogP) is 7.39. The molecule has 22 heavy (non-hydrogen) atoms. The molecule has 0 N–H and O–H groups in total. The molecule has 0 aromatic carbocycles. The summed E-state index contributed by atoms with van der Waals surface area (Å²) in [5.41, 5.74) is 0. The Labute approximate surface area is 142 Å². The molecule has 0 aliphatic rings. The summed E-state index contributed by atoms with van der Waals surface area (Å²) in [6, 6.07) is 0. The smallest absolute Gasteiger partial charge is 0.0386 e. The first kappa shape index (κ1) is 22.0. The second kappa shape index (κ2) is 9.33. The fourth-order valence-corrected chi connectivity index (χ4v) is 4.09. The maximum Gasteiger partial charge on any atom is -0.0386 e. The summed E-state index contributed by atoms with van der Waals surface area (Å²) in [7, 11) is 0. The van der Waals surface area contributed by atoms with Crippen LogP contribution >= 0.6 is 0 Å². The third kappa shape index (κ3) is 5.57. The molecular formula is C22H46. The van der Waals surface area contributed by atoms with Crippen molar-refractivity contribution in [3.05, 3.63) is 0 Å². The maximum absolute atomic E-state index is 2.50. The highest BCUT2D eigenvalue weighted by atomic mass is 14.4. The van der Waals surface area contributed by atoms with E-state index in [9.17, 15) is 0 Å². The monoisotopic (exact) mass is 310 g/mol. The van der Waals surface area contributed by atoms with Crippen LogP contribution in [0.2, 0.25) is 0 Å². The summed E-state index contributed by atoms with van der Waals surface area (Å²) in [5, 5.41) is 0. The van der Waals surface area contributed by atoms with Crippen LogP contribution in [-0.4, -0.2) is 0 Å². The van der Waals surface area contributed by atoms with Gasteiger partial charge in [-0.15, -0.1) is 0 Å². The largest absolute Gasteiger partial charge is 0.0625 e. The predicted molar refractivity (Wildman–Crippen MR) is 103 cm³/mol. The van der Waals surface area contributed by atoms with Crippen LogP contribution in [-0.2, 0) is 0 Å². The lowest BCUT2D eigenvalue weighted by molar-refractivity contribution is 0.0853. The highest BCUT2D eigenvalue weighted by Gasteiger charge is 2.33. The quantitative estimate of drug-likeness (QED) is 0.416. The van der Waals surface area contributed by atoms with Crippen LogP contribution in [0.15, 0.2) is 0 Å². The Morgan fingerprint density at radius 1 is 0.227 bits per heavy atom. The third-order valence-electron chi connectivity index (χ3n) is 7.91. The standard InChI is InChI=1S/C22H46/c1-13(2)15(5)17(7)19(9)21(11)22(12)20(10)18(8)16(6)14(3)4/h13-22H,1-12H3/t15-,16+,17?,18?,19?,20?,21-,22?/m1/s1. The van der Waals surface area contributed by atoms with Gasteiger partial charge in [0.15, 0.2) is 0 Å². The molecule has 0 radical (unpaired) electrons. The van der Waals surface area contributed by atoms with E-state index in [0.717, 1.165) is 59.2 Å². The summed E-state index contributed by atoms with van der Waals surface area (Å²) < 4.78 is 0. The first-order valence-electron chi connectivity index (χ1n) is 9.93. The second-order valence-electron chi connectivity index (χ2n) is 9.36. The zero-order valence-electron chi connectivity index (χ0n) is 17.8. The molecular weight excluding hydrogens is 264 g/mol. The molecule has 0 aromatic heterocycles. The Kier molecular flexibility index (Phi) is 9.33. The number of hydrogen-bond acceptors (Lipinski definition) is 0. The first-order valence-corrected chi connectivity index (χ1v) is 9.93. The van der Waals surface area contributed by atoms with Crippen molar-refractivity contribution >= 4 is 0 Å². The molecule has 0 saturated carbocycles. The zero-order valence-corrected chi connectivity index (χ0v) is 17.8. The van der Waals surface area contributed by atoms with E-state index < -0.39 is 0 Å². The van der Waals surface area contributed by atoms with Crippen molar-refractivity contribution in [2.75, 3.05) is 0 Å². The normalized spacial score (nSPS) is 23.7. The molecule has 0 saturated heterocycles. The number of hydrogen-bond donors (Lipinski definition) is 0. The van der Waals surface area contributed by atoms with Gasteiger partial charge in [0.2, 0.25) is 0 Å². The minimum atomic E-state index is 0.789. The van der Waals surface area contributed by atoms with E-state index >= 15 is 0 Å². The lowest BCUT2D eigenvalue weighted by atomic mass is 9.65. The van der Waals surface area contributed by atoms with Crippen LogP contribution in [0.4, 0.5) is 0 Å². The van der Waals surface area contributed by atoms with Crippen LogP contribution < -0.4 is 0 Å². The van der Waals surface area contributed by atoms with Gasteiger partial charge in [0.25, 0.3) is 0 Å². The molecule has 8 atom stereocenters. The molecule has 0 aliphatic heterocycles. The first-order chi connectivity index (χ1) is 9.93. The van der Waals surface area contributed by atoms with E-state index in [4.69, 9.17) is 0 Å². The summed E-state index contributed by atoms with van der Waals surface area (Å²) in [4.78, 5) is 0. The van der Waals surface area contributed by atoms with Gasteiger partial charge in [-0.2, -0.15) is 0 Å². The molecule has 0 spiro atoms. The molecule has 134 valence electrons.